The quantitative estimate of drug-likeness (QED) is 0.785. The van der Waals surface area contributed by atoms with Gasteiger partial charge in [0.1, 0.15) is 11.5 Å². The Morgan fingerprint density at radius 3 is 2.65 bits per heavy atom. The van der Waals surface area contributed by atoms with Gasteiger partial charge in [-0.15, -0.1) is 0 Å². The molecule has 0 fully saturated rings. The molecule has 1 aromatic rings. The van der Waals surface area contributed by atoms with Crippen molar-refractivity contribution in [3.8, 4) is 11.5 Å². The Balaban J connectivity index is 2.57. The lowest BCUT2D eigenvalue weighted by Crippen LogP contribution is -2.17. The van der Waals surface area contributed by atoms with Crippen LogP contribution in [-0.2, 0) is 6.42 Å². The van der Waals surface area contributed by atoms with Crippen molar-refractivity contribution in [2.75, 3.05) is 0 Å². The molecule has 2 unspecified atom stereocenters. The van der Waals surface area contributed by atoms with Crippen molar-refractivity contribution in [3.05, 3.63) is 47.1 Å². The number of aryl methyl sites for hydroxylation is 1. The number of allylic oxidation sites excluding steroid dienone is 3. The second-order valence-corrected chi connectivity index (χ2v) is 5.89. The van der Waals surface area contributed by atoms with Crippen LogP contribution in [0.4, 0.5) is 0 Å². The monoisotopic (exact) mass is 272 g/mol. The molecule has 2 nitrogen and oxygen atoms in total. The number of aromatic hydroxyl groups is 2. The molecule has 108 valence electrons. The Bertz CT molecular complexity index is 555. The lowest BCUT2D eigenvalue weighted by Gasteiger charge is -2.31. The van der Waals surface area contributed by atoms with E-state index in [1.807, 2.05) is 13.8 Å². The summed E-state index contributed by atoms with van der Waals surface area (Å²) in [5.74, 6) is 0.729. The molecule has 0 amide bonds. The first-order valence-electron chi connectivity index (χ1n) is 7.32. The molecule has 0 heterocycles. The fourth-order valence-electron chi connectivity index (χ4n) is 3.16. The molecular formula is C18H24O2. The summed E-state index contributed by atoms with van der Waals surface area (Å²) in [6, 6.07) is 3.49. The van der Waals surface area contributed by atoms with Crippen LogP contribution in [0.3, 0.4) is 0 Å². The molecular weight excluding hydrogens is 248 g/mol. The van der Waals surface area contributed by atoms with E-state index in [0.717, 1.165) is 30.4 Å². The van der Waals surface area contributed by atoms with E-state index in [2.05, 4.69) is 19.6 Å². The van der Waals surface area contributed by atoms with Crippen molar-refractivity contribution >= 4 is 0 Å². The van der Waals surface area contributed by atoms with Gasteiger partial charge < -0.3 is 10.2 Å². The normalized spacial score (nSPS) is 22.4. The molecule has 0 radical (unpaired) electrons. The molecule has 0 saturated heterocycles. The van der Waals surface area contributed by atoms with Gasteiger partial charge in [0.2, 0.25) is 0 Å². The zero-order valence-corrected chi connectivity index (χ0v) is 12.6. The molecule has 0 saturated carbocycles. The van der Waals surface area contributed by atoms with Crippen LogP contribution >= 0.6 is 0 Å². The fraction of sp³-hybridized carbons (Fsp3) is 0.444. The number of hydrogen-bond donors (Lipinski definition) is 2. The Morgan fingerprint density at radius 1 is 1.35 bits per heavy atom. The lowest BCUT2D eigenvalue weighted by molar-refractivity contribution is 0.404. The van der Waals surface area contributed by atoms with Gasteiger partial charge >= 0.3 is 0 Å². The zero-order valence-electron chi connectivity index (χ0n) is 12.6. The highest BCUT2D eigenvalue weighted by Crippen LogP contribution is 2.46. The zero-order chi connectivity index (χ0) is 14.9. The molecule has 2 atom stereocenters. The first-order chi connectivity index (χ1) is 9.45. The van der Waals surface area contributed by atoms with E-state index in [9.17, 15) is 10.2 Å². The molecule has 0 aliphatic heterocycles. The van der Waals surface area contributed by atoms with Crippen LogP contribution in [0.15, 0.2) is 35.9 Å². The van der Waals surface area contributed by atoms with Gasteiger partial charge in [0, 0.05) is 11.5 Å². The van der Waals surface area contributed by atoms with E-state index in [4.69, 9.17) is 0 Å². The van der Waals surface area contributed by atoms with E-state index in [1.165, 1.54) is 5.57 Å². The van der Waals surface area contributed by atoms with Crippen LogP contribution in [0, 0.1) is 5.92 Å². The van der Waals surface area contributed by atoms with Crippen LogP contribution in [-0.4, -0.2) is 10.2 Å². The number of phenolic OH excluding ortho intramolecular Hbond substituents is 2. The third-order valence-corrected chi connectivity index (χ3v) is 4.37. The van der Waals surface area contributed by atoms with Crippen molar-refractivity contribution in [1.29, 1.82) is 0 Å². The van der Waals surface area contributed by atoms with Crippen LogP contribution in [0.2, 0.25) is 0 Å². The van der Waals surface area contributed by atoms with Gasteiger partial charge in [-0.2, -0.15) is 0 Å². The fourth-order valence-corrected chi connectivity index (χ4v) is 3.16. The maximum Gasteiger partial charge on any atom is 0.126 e. The van der Waals surface area contributed by atoms with Gasteiger partial charge in [-0.3, -0.25) is 0 Å². The second kappa shape index (κ2) is 5.74. The van der Waals surface area contributed by atoms with E-state index in [0.29, 0.717) is 5.56 Å². The number of rotatable bonds is 3. The van der Waals surface area contributed by atoms with Gasteiger partial charge in [0.05, 0.1) is 0 Å². The van der Waals surface area contributed by atoms with Gasteiger partial charge in [-0.05, 0) is 50.7 Å². The molecule has 2 N–H and O–H groups in total. The molecule has 1 aliphatic rings. The van der Waals surface area contributed by atoms with Crippen LogP contribution in [0.1, 0.15) is 50.7 Å². The summed E-state index contributed by atoms with van der Waals surface area (Å²) >= 11 is 0. The topological polar surface area (TPSA) is 40.5 Å². The van der Waals surface area contributed by atoms with Gasteiger partial charge in [-0.1, -0.05) is 36.8 Å². The summed E-state index contributed by atoms with van der Waals surface area (Å²) < 4.78 is 0. The number of phenols is 2. The molecule has 1 aromatic carbocycles. The third kappa shape index (κ3) is 2.60. The molecule has 0 aromatic heterocycles. The smallest absolute Gasteiger partial charge is 0.126 e. The predicted molar refractivity (Wildman–Crippen MR) is 83.2 cm³/mol. The van der Waals surface area contributed by atoms with Crippen molar-refractivity contribution < 1.29 is 10.2 Å². The van der Waals surface area contributed by atoms with Crippen molar-refractivity contribution in [2.24, 2.45) is 5.92 Å². The van der Waals surface area contributed by atoms with Crippen LogP contribution in [0.25, 0.3) is 0 Å². The second-order valence-electron chi connectivity index (χ2n) is 5.89. The minimum Gasteiger partial charge on any atom is -0.508 e. The van der Waals surface area contributed by atoms with Crippen molar-refractivity contribution in [2.45, 2.75) is 46.0 Å². The molecule has 1 aliphatic carbocycles. The minimum absolute atomic E-state index is 0.0211. The lowest BCUT2D eigenvalue weighted by atomic mass is 9.73. The number of benzene rings is 1. The summed E-state index contributed by atoms with van der Waals surface area (Å²) in [6.07, 6.45) is 5.02. The van der Waals surface area contributed by atoms with Crippen LogP contribution in [0.5, 0.6) is 11.5 Å². The number of hydrogen-bond acceptors (Lipinski definition) is 2. The largest absolute Gasteiger partial charge is 0.508 e. The van der Waals surface area contributed by atoms with Crippen molar-refractivity contribution in [1.82, 2.24) is 0 Å². The van der Waals surface area contributed by atoms with E-state index in [-0.39, 0.29) is 23.3 Å². The highest BCUT2D eigenvalue weighted by Gasteiger charge is 2.30. The molecule has 0 spiro atoms. The SMILES string of the molecule is C=C(C)C1CCC(C)=CC1c1c(O)ccc(CC)c1O. The average Bonchev–Trinajstić information content (AvgIpc) is 2.38. The highest BCUT2D eigenvalue weighted by atomic mass is 16.3. The van der Waals surface area contributed by atoms with Gasteiger partial charge in [0.15, 0.2) is 0 Å². The summed E-state index contributed by atoms with van der Waals surface area (Å²) in [4.78, 5) is 0. The summed E-state index contributed by atoms with van der Waals surface area (Å²) in [5.41, 5.74) is 3.97. The van der Waals surface area contributed by atoms with Crippen molar-refractivity contribution in [3.63, 3.8) is 0 Å². The summed E-state index contributed by atoms with van der Waals surface area (Å²) in [7, 11) is 0. The first kappa shape index (κ1) is 14.7. The standard InChI is InChI=1S/C18H24O2/c1-5-13-7-9-16(19)17(18(13)20)15-10-12(4)6-8-14(15)11(2)3/h7,9-10,14-15,19-20H,2,5-6,8H2,1,3-4H3. The third-order valence-electron chi connectivity index (χ3n) is 4.37. The molecule has 2 heteroatoms. The Kier molecular flexibility index (Phi) is 4.22. The summed E-state index contributed by atoms with van der Waals surface area (Å²) in [5, 5.41) is 20.7. The predicted octanol–water partition coefficient (Wildman–Crippen LogP) is 4.68. The van der Waals surface area contributed by atoms with E-state index >= 15 is 0 Å². The first-order valence-corrected chi connectivity index (χ1v) is 7.32. The molecule has 2 rings (SSSR count). The van der Waals surface area contributed by atoms with E-state index in [1.54, 1.807) is 12.1 Å². The Hall–Kier alpha value is -1.70. The minimum atomic E-state index is 0.0211. The Morgan fingerprint density at radius 2 is 2.05 bits per heavy atom. The molecule has 20 heavy (non-hydrogen) atoms. The summed E-state index contributed by atoms with van der Waals surface area (Å²) in [6.45, 7) is 10.2. The Labute approximate surface area is 121 Å². The van der Waals surface area contributed by atoms with Gasteiger partial charge in [-0.25, -0.2) is 0 Å². The average molecular weight is 272 g/mol. The van der Waals surface area contributed by atoms with E-state index < -0.39 is 0 Å². The van der Waals surface area contributed by atoms with Crippen LogP contribution < -0.4 is 0 Å². The highest BCUT2D eigenvalue weighted by molar-refractivity contribution is 5.53. The molecule has 0 bridgehead atoms. The van der Waals surface area contributed by atoms with Gasteiger partial charge in [0.25, 0.3) is 0 Å². The maximum absolute atomic E-state index is 10.5. The maximum atomic E-state index is 10.5.